The predicted octanol–water partition coefficient (Wildman–Crippen LogP) is 1.57. The molecular formula is C17H21N5O3. The van der Waals surface area contributed by atoms with E-state index in [1.807, 2.05) is 34.9 Å². The third kappa shape index (κ3) is 3.86. The van der Waals surface area contributed by atoms with E-state index in [2.05, 4.69) is 20.3 Å². The Kier molecular flexibility index (Phi) is 5.42. The van der Waals surface area contributed by atoms with Crippen LogP contribution in [-0.4, -0.2) is 50.1 Å². The van der Waals surface area contributed by atoms with E-state index in [9.17, 15) is 10.2 Å². The molecule has 0 unspecified atom stereocenters. The van der Waals surface area contributed by atoms with Crippen LogP contribution in [0.15, 0.2) is 36.7 Å². The minimum atomic E-state index is -0.164. The number of rotatable bonds is 8. The summed E-state index contributed by atoms with van der Waals surface area (Å²) in [7, 11) is 1.54. The molecular weight excluding hydrogens is 322 g/mol. The zero-order valence-corrected chi connectivity index (χ0v) is 14.0. The second-order valence-electron chi connectivity index (χ2n) is 5.68. The molecule has 0 bridgehead atoms. The van der Waals surface area contributed by atoms with Crippen LogP contribution in [0, 0.1) is 5.92 Å². The number of aryl methyl sites for hydroxylation is 1. The SMILES string of the molecule is COc1nc(Nc2ccccc2)nc2c1ncn2CCC(CO)CO. The predicted molar refractivity (Wildman–Crippen MR) is 93.9 cm³/mol. The van der Waals surface area contributed by atoms with E-state index in [0.717, 1.165) is 5.69 Å². The molecule has 25 heavy (non-hydrogen) atoms. The molecule has 0 atom stereocenters. The molecule has 1 aromatic carbocycles. The van der Waals surface area contributed by atoms with Crippen LogP contribution in [0.5, 0.6) is 5.88 Å². The van der Waals surface area contributed by atoms with Crippen LogP contribution < -0.4 is 10.1 Å². The van der Waals surface area contributed by atoms with E-state index in [1.54, 1.807) is 13.4 Å². The van der Waals surface area contributed by atoms with Crippen molar-refractivity contribution in [1.29, 1.82) is 0 Å². The molecule has 0 saturated carbocycles. The van der Waals surface area contributed by atoms with Crippen LogP contribution in [0.4, 0.5) is 11.6 Å². The van der Waals surface area contributed by atoms with Crippen molar-refractivity contribution in [2.24, 2.45) is 5.92 Å². The summed E-state index contributed by atoms with van der Waals surface area (Å²) in [6, 6.07) is 9.62. The number of aliphatic hydroxyl groups excluding tert-OH is 2. The van der Waals surface area contributed by atoms with Crippen molar-refractivity contribution < 1.29 is 14.9 Å². The number of para-hydroxylation sites is 1. The first-order chi connectivity index (χ1) is 12.2. The summed E-state index contributed by atoms with van der Waals surface area (Å²) in [6.07, 6.45) is 2.28. The molecule has 3 N–H and O–H groups in total. The second kappa shape index (κ2) is 7.91. The lowest BCUT2D eigenvalue weighted by Gasteiger charge is -2.12. The number of anilines is 2. The highest BCUT2D eigenvalue weighted by molar-refractivity contribution is 5.78. The van der Waals surface area contributed by atoms with Crippen molar-refractivity contribution in [3.8, 4) is 5.88 Å². The largest absolute Gasteiger partial charge is 0.479 e. The Bertz CT molecular complexity index is 818. The van der Waals surface area contributed by atoms with Crippen LogP contribution in [0.25, 0.3) is 11.2 Å². The molecule has 3 rings (SSSR count). The Morgan fingerprint density at radius 1 is 1.16 bits per heavy atom. The lowest BCUT2D eigenvalue weighted by Crippen LogP contribution is -2.14. The van der Waals surface area contributed by atoms with E-state index in [1.165, 1.54) is 0 Å². The third-order valence-corrected chi connectivity index (χ3v) is 3.95. The van der Waals surface area contributed by atoms with Gasteiger partial charge in [-0.2, -0.15) is 9.97 Å². The Morgan fingerprint density at radius 3 is 2.60 bits per heavy atom. The molecule has 2 aromatic heterocycles. The summed E-state index contributed by atoms with van der Waals surface area (Å²) in [5.41, 5.74) is 2.08. The zero-order valence-electron chi connectivity index (χ0n) is 14.0. The summed E-state index contributed by atoms with van der Waals surface area (Å²) in [5.74, 6) is 0.643. The van der Waals surface area contributed by atoms with E-state index in [-0.39, 0.29) is 19.1 Å². The maximum absolute atomic E-state index is 9.22. The van der Waals surface area contributed by atoms with Crippen LogP contribution in [0.3, 0.4) is 0 Å². The lowest BCUT2D eigenvalue weighted by atomic mass is 10.1. The highest BCUT2D eigenvalue weighted by atomic mass is 16.5. The molecule has 0 amide bonds. The summed E-state index contributed by atoms with van der Waals surface area (Å²) < 4.78 is 7.21. The Morgan fingerprint density at radius 2 is 1.92 bits per heavy atom. The fraction of sp³-hybridized carbons (Fsp3) is 0.353. The van der Waals surface area contributed by atoms with Crippen LogP contribution in [0.2, 0.25) is 0 Å². The van der Waals surface area contributed by atoms with Gasteiger partial charge in [-0.1, -0.05) is 18.2 Å². The maximum atomic E-state index is 9.22. The standard InChI is InChI=1S/C17H21N5O3/c1-25-16-14-15(22(11-18-14)8-7-12(9-23)10-24)20-17(21-16)19-13-5-3-2-4-6-13/h2-6,11-12,23-24H,7-10H2,1H3,(H,19,20,21). The molecule has 0 aliphatic carbocycles. The number of aliphatic hydroxyl groups is 2. The molecule has 8 heteroatoms. The van der Waals surface area contributed by atoms with Gasteiger partial charge in [0, 0.05) is 31.4 Å². The van der Waals surface area contributed by atoms with Gasteiger partial charge in [-0.3, -0.25) is 0 Å². The number of hydrogen-bond donors (Lipinski definition) is 3. The van der Waals surface area contributed by atoms with E-state index >= 15 is 0 Å². The summed E-state index contributed by atoms with van der Waals surface area (Å²) in [6.45, 7) is 0.470. The Hall–Kier alpha value is -2.71. The number of ether oxygens (including phenoxy) is 1. The van der Waals surface area contributed by atoms with E-state index in [4.69, 9.17) is 4.74 Å². The highest BCUT2D eigenvalue weighted by Crippen LogP contribution is 2.24. The number of aromatic nitrogens is 4. The van der Waals surface area contributed by atoms with Crippen molar-refractivity contribution in [2.75, 3.05) is 25.6 Å². The van der Waals surface area contributed by atoms with Gasteiger partial charge in [0.2, 0.25) is 11.8 Å². The second-order valence-corrected chi connectivity index (χ2v) is 5.68. The summed E-state index contributed by atoms with van der Waals surface area (Å²) in [4.78, 5) is 13.2. The lowest BCUT2D eigenvalue weighted by molar-refractivity contribution is 0.140. The molecule has 0 aliphatic rings. The van der Waals surface area contributed by atoms with Gasteiger partial charge in [-0.05, 0) is 18.6 Å². The Labute approximate surface area is 145 Å². The fourth-order valence-corrected chi connectivity index (χ4v) is 2.49. The smallest absolute Gasteiger partial charge is 0.246 e. The van der Waals surface area contributed by atoms with Crippen molar-refractivity contribution >= 4 is 22.8 Å². The number of fused-ring (bicyclic) bond motifs is 1. The molecule has 0 aliphatic heterocycles. The molecule has 2 heterocycles. The number of benzene rings is 1. The molecule has 0 radical (unpaired) electrons. The molecule has 132 valence electrons. The molecule has 0 fully saturated rings. The third-order valence-electron chi connectivity index (χ3n) is 3.95. The van der Waals surface area contributed by atoms with Gasteiger partial charge in [-0.25, -0.2) is 4.98 Å². The maximum Gasteiger partial charge on any atom is 0.246 e. The number of hydrogen-bond acceptors (Lipinski definition) is 7. The number of nitrogens with zero attached hydrogens (tertiary/aromatic N) is 4. The highest BCUT2D eigenvalue weighted by Gasteiger charge is 2.15. The monoisotopic (exact) mass is 343 g/mol. The van der Waals surface area contributed by atoms with Crippen molar-refractivity contribution in [2.45, 2.75) is 13.0 Å². The summed E-state index contributed by atoms with van der Waals surface area (Å²) in [5, 5.41) is 21.6. The topological polar surface area (TPSA) is 105 Å². The van der Waals surface area contributed by atoms with Crippen LogP contribution >= 0.6 is 0 Å². The average Bonchev–Trinajstić information content (AvgIpc) is 3.06. The van der Waals surface area contributed by atoms with Crippen molar-refractivity contribution in [3.63, 3.8) is 0 Å². The van der Waals surface area contributed by atoms with Gasteiger partial charge in [0.1, 0.15) is 0 Å². The van der Waals surface area contributed by atoms with Crippen molar-refractivity contribution in [3.05, 3.63) is 36.7 Å². The first-order valence-electron chi connectivity index (χ1n) is 8.05. The van der Waals surface area contributed by atoms with Gasteiger partial charge >= 0.3 is 0 Å². The number of imidazole rings is 1. The number of nitrogens with one attached hydrogen (secondary N) is 1. The molecule has 0 spiro atoms. The van der Waals surface area contributed by atoms with Crippen LogP contribution in [-0.2, 0) is 6.54 Å². The fourth-order valence-electron chi connectivity index (χ4n) is 2.49. The first kappa shape index (κ1) is 17.1. The van der Waals surface area contributed by atoms with Gasteiger partial charge in [0.05, 0.1) is 13.4 Å². The van der Waals surface area contributed by atoms with Gasteiger partial charge < -0.3 is 24.8 Å². The minimum Gasteiger partial charge on any atom is -0.479 e. The molecule has 0 saturated heterocycles. The molecule has 8 nitrogen and oxygen atoms in total. The van der Waals surface area contributed by atoms with Crippen LogP contribution in [0.1, 0.15) is 6.42 Å². The quantitative estimate of drug-likeness (QED) is 0.570. The van der Waals surface area contributed by atoms with E-state index < -0.39 is 0 Å². The summed E-state index contributed by atoms with van der Waals surface area (Å²) >= 11 is 0. The van der Waals surface area contributed by atoms with E-state index in [0.29, 0.717) is 36.0 Å². The van der Waals surface area contributed by atoms with Gasteiger partial charge in [0.25, 0.3) is 0 Å². The number of methoxy groups -OCH3 is 1. The average molecular weight is 343 g/mol. The van der Waals surface area contributed by atoms with Gasteiger partial charge in [0.15, 0.2) is 11.2 Å². The van der Waals surface area contributed by atoms with Crippen molar-refractivity contribution in [1.82, 2.24) is 19.5 Å². The van der Waals surface area contributed by atoms with Gasteiger partial charge in [-0.15, -0.1) is 0 Å². The minimum absolute atomic E-state index is 0.0533. The zero-order chi connectivity index (χ0) is 17.6. The normalized spacial score (nSPS) is 11.2. The Balaban J connectivity index is 1.90. The first-order valence-corrected chi connectivity index (χ1v) is 8.05. The molecule has 3 aromatic rings.